The Labute approximate surface area is 148 Å². The lowest BCUT2D eigenvalue weighted by Gasteiger charge is -2.33. The van der Waals surface area contributed by atoms with Gasteiger partial charge in [0.05, 0.1) is 5.69 Å². The zero-order chi connectivity index (χ0) is 17.7. The number of rotatable bonds is 5. The summed E-state index contributed by atoms with van der Waals surface area (Å²) in [4.78, 5) is 27.1. The predicted octanol–water partition coefficient (Wildman–Crippen LogP) is 2.35. The minimum Gasteiger partial charge on any atom is -0.339 e. The summed E-state index contributed by atoms with van der Waals surface area (Å²) in [6.45, 7) is 8.65. The van der Waals surface area contributed by atoms with Gasteiger partial charge in [-0.2, -0.15) is 5.10 Å². The van der Waals surface area contributed by atoms with Gasteiger partial charge in [-0.05, 0) is 19.4 Å². The fraction of sp³-hybridized carbons (Fsp3) is 0.588. The number of amides is 2. The molecule has 0 aromatic carbocycles. The highest BCUT2D eigenvalue weighted by atomic mass is 35.5. The van der Waals surface area contributed by atoms with Crippen LogP contribution in [-0.4, -0.2) is 57.6 Å². The van der Waals surface area contributed by atoms with Gasteiger partial charge in [0.2, 0.25) is 11.8 Å². The van der Waals surface area contributed by atoms with Crippen molar-refractivity contribution >= 4 is 29.5 Å². The summed E-state index contributed by atoms with van der Waals surface area (Å²) in [5, 5.41) is 5.01. The molecule has 24 heavy (non-hydrogen) atoms. The molecule has 1 aromatic heterocycles. The van der Waals surface area contributed by atoms with Crippen molar-refractivity contribution in [3.05, 3.63) is 22.5 Å². The van der Waals surface area contributed by atoms with Crippen molar-refractivity contribution in [1.29, 1.82) is 0 Å². The summed E-state index contributed by atoms with van der Waals surface area (Å²) in [6, 6.07) is 0. The number of nitrogens with zero attached hydrogens (tertiary/aromatic N) is 4. The second-order valence-corrected chi connectivity index (χ2v) is 6.39. The second kappa shape index (κ2) is 8.33. The minimum absolute atomic E-state index is 0.0551. The molecule has 1 aliphatic rings. The Morgan fingerprint density at radius 2 is 1.83 bits per heavy atom. The monoisotopic (exact) mass is 352 g/mol. The van der Waals surface area contributed by atoms with Gasteiger partial charge in [-0.25, -0.2) is 0 Å². The topological polar surface area (TPSA) is 58.4 Å². The lowest BCUT2D eigenvalue weighted by atomic mass is 10.2. The highest BCUT2D eigenvalue weighted by Crippen LogP contribution is 2.22. The van der Waals surface area contributed by atoms with E-state index in [1.165, 1.54) is 0 Å². The van der Waals surface area contributed by atoms with Crippen LogP contribution in [0.2, 0.25) is 5.15 Å². The zero-order valence-electron chi connectivity index (χ0n) is 14.6. The Hall–Kier alpha value is -1.82. The van der Waals surface area contributed by atoms with Crippen molar-refractivity contribution in [3.8, 4) is 0 Å². The first kappa shape index (κ1) is 18.5. The molecule has 2 rings (SSSR count). The molecular weight excluding hydrogens is 328 g/mol. The van der Waals surface area contributed by atoms with Gasteiger partial charge in [0.15, 0.2) is 0 Å². The van der Waals surface area contributed by atoms with Crippen molar-refractivity contribution in [2.75, 3.05) is 26.2 Å². The van der Waals surface area contributed by atoms with E-state index in [9.17, 15) is 9.59 Å². The number of hydrogen-bond acceptors (Lipinski definition) is 3. The van der Waals surface area contributed by atoms with E-state index in [0.29, 0.717) is 31.3 Å². The van der Waals surface area contributed by atoms with Crippen LogP contribution in [-0.2, 0) is 16.1 Å². The molecule has 1 saturated heterocycles. The van der Waals surface area contributed by atoms with Crippen molar-refractivity contribution < 1.29 is 9.59 Å². The van der Waals surface area contributed by atoms with E-state index < -0.39 is 0 Å². The summed E-state index contributed by atoms with van der Waals surface area (Å²) in [5.74, 6) is -0.00508. The Morgan fingerprint density at radius 3 is 2.42 bits per heavy atom. The van der Waals surface area contributed by atoms with Gasteiger partial charge in [-0.3, -0.25) is 14.3 Å². The average molecular weight is 353 g/mol. The standard InChI is InChI=1S/C17H25ClN4O2/c1-4-5-8-22-17(18)15(13(2)19-22)6-7-16(24)21-11-9-20(10-12-21)14(3)23/h6-7H,4-5,8-12H2,1-3H3. The first-order chi connectivity index (χ1) is 11.4. The molecule has 0 spiro atoms. The van der Waals surface area contributed by atoms with E-state index in [4.69, 9.17) is 11.6 Å². The molecule has 1 aliphatic heterocycles. The van der Waals surface area contributed by atoms with Gasteiger partial charge < -0.3 is 9.80 Å². The predicted molar refractivity (Wildman–Crippen MR) is 94.8 cm³/mol. The number of aromatic nitrogens is 2. The Bertz CT molecular complexity index is 631. The van der Waals surface area contributed by atoms with E-state index in [2.05, 4.69) is 12.0 Å². The lowest BCUT2D eigenvalue weighted by molar-refractivity contribution is -0.135. The van der Waals surface area contributed by atoms with Crippen LogP contribution < -0.4 is 0 Å². The van der Waals surface area contributed by atoms with Crippen LogP contribution in [0.15, 0.2) is 6.08 Å². The number of carbonyl (C=O) groups excluding carboxylic acids is 2. The summed E-state index contributed by atoms with van der Waals surface area (Å²) in [6.07, 6.45) is 5.38. The highest BCUT2D eigenvalue weighted by Gasteiger charge is 2.21. The highest BCUT2D eigenvalue weighted by molar-refractivity contribution is 6.31. The molecule has 0 atom stereocenters. The smallest absolute Gasteiger partial charge is 0.246 e. The second-order valence-electron chi connectivity index (χ2n) is 6.03. The molecule has 0 bridgehead atoms. The number of carbonyl (C=O) groups is 2. The van der Waals surface area contributed by atoms with Crippen molar-refractivity contribution in [2.24, 2.45) is 0 Å². The summed E-state index contributed by atoms with van der Waals surface area (Å²) >= 11 is 6.37. The van der Waals surface area contributed by atoms with Gasteiger partial charge >= 0.3 is 0 Å². The van der Waals surface area contributed by atoms with E-state index >= 15 is 0 Å². The first-order valence-electron chi connectivity index (χ1n) is 8.39. The molecule has 2 amide bonds. The maximum atomic E-state index is 12.3. The van der Waals surface area contributed by atoms with Crippen LogP contribution in [0.1, 0.15) is 37.9 Å². The molecule has 0 radical (unpaired) electrons. The van der Waals surface area contributed by atoms with Crippen molar-refractivity contribution in [1.82, 2.24) is 19.6 Å². The third kappa shape index (κ3) is 4.38. The molecule has 0 N–H and O–H groups in total. The largest absolute Gasteiger partial charge is 0.339 e. The zero-order valence-corrected chi connectivity index (χ0v) is 15.3. The summed E-state index contributed by atoms with van der Waals surface area (Å²) in [5.41, 5.74) is 1.62. The van der Waals surface area contributed by atoms with Crippen molar-refractivity contribution in [3.63, 3.8) is 0 Å². The lowest BCUT2D eigenvalue weighted by Crippen LogP contribution is -2.49. The molecule has 0 aliphatic carbocycles. The third-order valence-electron chi connectivity index (χ3n) is 4.26. The van der Waals surface area contributed by atoms with Gasteiger partial charge in [-0.1, -0.05) is 24.9 Å². The van der Waals surface area contributed by atoms with E-state index in [1.54, 1.807) is 33.6 Å². The molecule has 1 aromatic rings. The first-order valence-corrected chi connectivity index (χ1v) is 8.77. The van der Waals surface area contributed by atoms with E-state index in [0.717, 1.165) is 30.6 Å². The quantitative estimate of drug-likeness (QED) is 0.764. The summed E-state index contributed by atoms with van der Waals surface area (Å²) < 4.78 is 1.79. The Kier molecular flexibility index (Phi) is 6.43. The number of unbranched alkanes of at least 4 members (excludes halogenated alkanes) is 1. The molecule has 0 saturated carbocycles. The Balaban J connectivity index is 1.99. The van der Waals surface area contributed by atoms with Crippen molar-refractivity contribution in [2.45, 2.75) is 40.2 Å². The molecule has 0 unspecified atom stereocenters. The van der Waals surface area contributed by atoms with Crippen LogP contribution in [0.4, 0.5) is 0 Å². The van der Waals surface area contributed by atoms with Crippen LogP contribution in [0.5, 0.6) is 0 Å². The van der Waals surface area contributed by atoms with Gasteiger partial charge in [-0.15, -0.1) is 0 Å². The fourth-order valence-corrected chi connectivity index (χ4v) is 3.04. The van der Waals surface area contributed by atoms with Crippen LogP contribution in [0.3, 0.4) is 0 Å². The average Bonchev–Trinajstić information content (AvgIpc) is 2.84. The van der Waals surface area contributed by atoms with Gasteiger partial charge in [0.1, 0.15) is 5.15 Å². The molecule has 132 valence electrons. The molecule has 2 heterocycles. The number of halogens is 1. The molecular formula is C17H25ClN4O2. The van der Waals surface area contributed by atoms with Crippen LogP contribution >= 0.6 is 11.6 Å². The van der Waals surface area contributed by atoms with Crippen LogP contribution in [0, 0.1) is 6.92 Å². The number of piperazine rings is 1. The molecule has 1 fully saturated rings. The maximum Gasteiger partial charge on any atom is 0.246 e. The molecule has 7 heteroatoms. The minimum atomic E-state index is -0.0602. The molecule has 6 nitrogen and oxygen atoms in total. The third-order valence-corrected chi connectivity index (χ3v) is 4.66. The summed E-state index contributed by atoms with van der Waals surface area (Å²) in [7, 11) is 0. The van der Waals surface area contributed by atoms with Gasteiger partial charge in [0.25, 0.3) is 0 Å². The van der Waals surface area contributed by atoms with Gasteiger partial charge in [0, 0.05) is 51.3 Å². The fourth-order valence-electron chi connectivity index (χ4n) is 2.71. The van der Waals surface area contributed by atoms with Crippen LogP contribution in [0.25, 0.3) is 6.08 Å². The normalized spacial score (nSPS) is 15.3. The number of aryl methyl sites for hydroxylation is 2. The van der Waals surface area contributed by atoms with E-state index in [1.807, 2.05) is 6.92 Å². The SMILES string of the molecule is CCCCn1nc(C)c(C=CC(=O)N2CCN(C(C)=O)CC2)c1Cl. The number of hydrogen-bond donors (Lipinski definition) is 0. The van der Waals surface area contributed by atoms with E-state index in [-0.39, 0.29) is 11.8 Å². The maximum absolute atomic E-state index is 12.3. The Morgan fingerprint density at radius 1 is 1.21 bits per heavy atom.